The Morgan fingerprint density at radius 3 is 2.40 bits per heavy atom. The Morgan fingerprint density at radius 1 is 1.15 bits per heavy atom. The van der Waals surface area contributed by atoms with Gasteiger partial charge in [0, 0.05) is 19.0 Å². The van der Waals surface area contributed by atoms with Crippen molar-refractivity contribution in [2.45, 2.75) is 12.8 Å². The molecule has 1 aromatic carbocycles. The van der Waals surface area contributed by atoms with E-state index in [1.54, 1.807) is 0 Å². The van der Waals surface area contributed by atoms with Gasteiger partial charge in [-0.2, -0.15) is 0 Å². The van der Waals surface area contributed by atoms with Crippen molar-refractivity contribution in [1.29, 1.82) is 0 Å². The SMILES string of the molecule is O=C(NCCNC(=O)C1CC1)c1cc(F)c(F)cc1Cl. The van der Waals surface area contributed by atoms with Crippen LogP contribution in [0.4, 0.5) is 8.78 Å². The van der Waals surface area contributed by atoms with E-state index < -0.39 is 17.5 Å². The van der Waals surface area contributed by atoms with Crippen LogP contribution in [0.5, 0.6) is 0 Å². The zero-order valence-electron chi connectivity index (χ0n) is 10.5. The Hall–Kier alpha value is -1.69. The molecule has 1 saturated carbocycles. The lowest BCUT2D eigenvalue weighted by molar-refractivity contribution is -0.122. The molecule has 108 valence electrons. The summed E-state index contributed by atoms with van der Waals surface area (Å²) in [6.45, 7) is 0.467. The molecule has 0 bridgehead atoms. The summed E-state index contributed by atoms with van der Waals surface area (Å²) in [7, 11) is 0. The lowest BCUT2D eigenvalue weighted by Gasteiger charge is -2.08. The van der Waals surface area contributed by atoms with Crippen LogP contribution in [0.15, 0.2) is 12.1 Å². The highest BCUT2D eigenvalue weighted by molar-refractivity contribution is 6.33. The number of hydrogen-bond donors (Lipinski definition) is 2. The molecule has 0 heterocycles. The zero-order chi connectivity index (χ0) is 14.7. The van der Waals surface area contributed by atoms with Crippen molar-refractivity contribution >= 4 is 23.4 Å². The molecule has 1 fully saturated rings. The van der Waals surface area contributed by atoms with Crippen LogP contribution in [0.25, 0.3) is 0 Å². The van der Waals surface area contributed by atoms with Crippen molar-refractivity contribution in [2.75, 3.05) is 13.1 Å². The van der Waals surface area contributed by atoms with Crippen LogP contribution in [-0.4, -0.2) is 24.9 Å². The molecule has 20 heavy (non-hydrogen) atoms. The third-order valence-corrected chi connectivity index (χ3v) is 3.23. The zero-order valence-corrected chi connectivity index (χ0v) is 11.3. The summed E-state index contributed by atoms with van der Waals surface area (Å²) in [4.78, 5) is 23.0. The minimum atomic E-state index is -1.14. The number of benzene rings is 1. The highest BCUT2D eigenvalue weighted by Gasteiger charge is 2.29. The van der Waals surface area contributed by atoms with Crippen LogP contribution in [0.3, 0.4) is 0 Å². The summed E-state index contributed by atoms with van der Waals surface area (Å²) < 4.78 is 25.9. The maximum absolute atomic E-state index is 13.0. The molecule has 0 aliphatic heterocycles. The summed E-state index contributed by atoms with van der Waals surface area (Å²) >= 11 is 5.67. The van der Waals surface area contributed by atoms with Gasteiger partial charge < -0.3 is 10.6 Å². The van der Waals surface area contributed by atoms with Crippen molar-refractivity contribution in [2.24, 2.45) is 5.92 Å². The lowest BCUT2D eigenvalue weighted by Crippen LogP contribution is -2.35. The number of carbonyl (C=O) groups is 2. The van der Waals surface area contributed by atoms with Crippen molar-refractivity contribution in [3.63, 3.8) is 0 Å². The van der Waals surface area contributed by atoms with Gasteiger partial charge in [0.2, 0.25) is 5.91 Å². The van der Waals surface area contributed by atoms with Gasteiger partial charge in [0.1, 0.15) is 0 Å². The molecule has 2 rings (SSSR count). The third-order valence-electron chi connectivity index (χ3n) is 2.91. The van der Waals surface area contributed by atoms with E-state index in [1.165, 1.54) is 0 Å². The van der Waals surface area contributed by atoms with Gasteiger partial charge in [-0.3, -0.25) is 9.59 Å². The normalized spacial score (nSPS) is 13.9. The standard InChI is InChI=1S/C13H13ClF2N2O2/c14-9-6-11(16)10(15)5-8(9)13(20)18-4-3-17-12(19)7-1-2-7/h5-7H,1-4H2,(H,17,19)(H,18,20). The Balaban J connectivity index is 1.82. The maximum Gasteiger partial charge on any atom is 0.252 e. The fourth-order valence-corrected chi connectivity index (χ4v) is 1.88. The third kappa shape index (κ3) is 3.66. The van der Waals surface area contributed by atoms with Gasteiger partial charge in [0.15, 0.2) is 11.6 Å². The number of halogens is 3. The number of amides is 2. The van der Waals surface area contributed by atoms with Crippen molar-refractivity contribution in [3.8, 4) is 0 Å². The minimum Gasteiger partial charge on any atom is -0.354 e. The first-order valence-electron chi connectivity index (χ1n) is 6.19. The van der Waals surface area contributed by atoms with E-state index in [-0.39, 0.29) is 35.5 Å². The average molecular weight is 303 g/mol. The molecule has 1 aromatic rings. The smallest absolute Gasteiger partial charge is 0.252 e. The molecule has 7 heteroatoms. The summed E-state index contributed by atoms with van der Waals surface area (Å²) in [5.41, 5.74) is -0.140. The molecule has 0 radical (unpaired) electrons. The maximum atomic E-state index is 13.0. The van der Waals surface area contributed by atoms with E-state index in [0.29, 0.717) is 0 Å². The fourth-order valence-electron chi connectivity index (χ4n) is 1.64. The molecular formula is C13H13ClF2N2O2. The number of rotatable bonds is 5. The van der Waals surface area contributed by atoms with Crippen molar-refractivity contribution < 1.29 is 18.4 Å². The van der Waals surface area contributed by atoms with E-state index in [9.17, 15) is 18.4 Å². The quantitative estimate of drug-likeness (QED) is 0.644. The largest absolute Gasteiger partial charge is 0.354 e. The highest BCUT2D eigenvalue weighted by atomic mass is 35.5. The van der Waals surface area contributed by atoms with E-state index in [0.717, 1.165) is 25.0 Å². The summed E-state index contributed by atoms with van der Waals surface area (Å²) in [6.07, 6.45) is 1.81. The summed E-state index contributed by atoms with van der Waals surface area (Å²) in [5, 5.41) is 4.98. The predicted octanol–water partition coefficient (Wildman–Crippen LogP) is 1.87. The van der Waals surface area contributed by atoms with Gasteiger partial charge in [0.25, 0.3) is 5.91 Å². The van der Waals surface area contributed by atoms with Crippen molar-refractivity contribution in [1.82, 2.24) is 10.6 Å². The Labute approximate surface area is 119 Å². The molecule has 2 N–H and O–H groups in total. The molecule has 0 atom stereocenters. The van der Waals surface area contributed by atoms with E-state index in [4.69, 9.17) is 11.6 Å². The number of nitrogens with one attached hydrogen (secondary N) is 2. The topological polar surface area (TPSA) is 58.2 Å². The van der Waals surface area contributed by atoms with Crippen LogP contribution in [0, 0.1) is 17.6 Å². The molecule has 0 unspecified atom stereocenters. The molecule has 1 aliphatic rings. The molecule has 2 amide bonds. The van der Waals surface area contributed by atoms with Crippen LogP contribution in [-0.2, 0) is 4.79 Å². The Morgan fingerprint density at radius 2 is 1.75 bits per heavy atom. The van der Waals surface area contributed by atoms with Crippen LogP contribution < -0.4 is 10.6 Å². The number of hydrogen-bond acceptors (Lipinski definition) is 2. The first kappa shape index (κ1) is 14.7. The second-order valence-electron chi connectivity index (χ2n) is 4.57. The molecule has 1 aliphatic carbocycles. The Bertz CT molecular complexity index is 547. The highest BCUT2D eigenvalue weighted by Crippen LogP contribution is 2.28. The van der Waals surface area contributed by atoms with E-state index in [1.807, 2.05) is 0 Å². The van der Waals surface area contributed by atoms with Crippen molar-refractivity contribution in [3.05, 3.63) is 34.4 Å². The number of carbonyl (C=O) groups excluding carboxylic acids is 2. The first-order chi connectivity index (χ1) is 9.49. The van der Waals surface area contributed by atoms with E-state index in [2.05, 4.69) is 10.6 Å². The summed E-state index contributed by atoms with van der Waals surface area (Å²) in [6, 6.07) is 1.50. The predicted molar refractivity (Wildman–Crippen MR) is 69.4 cm³/mol. The van der Waals surface area contributed by atoms with Crippen LogP contribution >= 0.6 is 11.6 Å². The van der Waals surface area contributed by atoms with Crippen LogP contribution in [0.2, 0.25) is 5.02 Å². The molecule has 4 nitrogen and oxygen atoms in total. The molecule has 0 saturated heterocycles. The first-order valence-corrected chi connectivity index (χ1v) is 6.57. The molecule has 0 aromatic heterocycles. The monoisotopic (exact) mass is 302 g/mol. The van der Waals surface area contributed by atoms with Gasteiger partial charge in [-0.05, 0) is 25.0 Å². The average Bonchev–Trinajstić information content (AvgIpc) is 3.22. The van der Waals surface area contributed by atoms with Gasteiger partial charge >= 0.3 is 0 Å². The van der Waals surface area contributed by atoms with E-state index >= 15 is 0 Å². The van der Waals surface area contributed by atoms with Gasteiger partial charge in [-0.1, -0.05) is 11.6 Å². The minimum absolute atomic E-state index is 0.0230. The van der Waals surface area contributed by atoms with Crippen LogP contribution in [0.1, 0.15) is 23.2 Å². The second-order valence-corrected chi connectivity index (χ2v) is 4.97. The molecular weight excluding hydrogens is 290 g/mol. The second kappa shape index (κ2) is 6.17. The van der Waals surface area contributed by atoms with Gasteiger partial charge in [-0.25, -0.2) is 8.78 Å². The lowest BCUT2D eigenvalue weighted by atomic mass is 10.2. The fraction of sp³-hybridized carbons (Fsp3) is 0.385. The Kier molecular flexibility index (Phi) is 4.54. The van der Waals surface area contributed by atoms with Gasteiger partial charge in [-0.15, -0.1) is 0 Å². The van der Waals surface area contributed by atoms with Gasteiger partial charge in [0.05, 0.1) is 10.6 Å². The molecule has 0 spiro atoms. The summed E-state index contributed by atoms with van der Waals surface area (Å²) in [5.74, 6) is -2.78.